The van der Waals surface area contributed by atoms with Crippen molar-refractivity contribution in [1.29, 1.82) is 0 Å². The van der Waals surface area contributed by atoms with Crippen LogP contribution in [0.2, 0.25) is 0 Å². The van der Waals surface area contributed by atoms with Crippen molar-refractivity contribution in [2.75, 3.05) is 25.6 Å². The van der Waals surface area contributed by atoms with Crippen LogP contribution in [0.1, 0.15) is 28.2 Å². The lowest BCUT2D eigenvalue weighted by atomic mass is 10.1. The first-order valence-corrected chi connectivity index (χ1v) is 11.6. The molecule has 0 fully saturated rings. The van der Waals surface area contributed by atoms with E-state index in [1.54, 1.807) is 6.07 Å². The minimum absolute atomic E-state index is 0.0702. The average Bonchev–Trinajstić information content (AvgIpc) is 3.23. The number of sulfone groups is 1. The monoisotopic (exact) mass is 445 g/mol. The topological polar surface area (TPSA) is 101 Å². The Hall–Kier alpha value is -3.07. The number of nitrogens with zero attached hydrogens (tertiary/aromatic N) is 1. The molecule has 0 amide bonds. The van der Waals surface area contributed by atoms with Crippen LogP contribution < -0.4 is 9.47 Å². The van der Waals surface area contributed by atoms with Crippen LogP contribution in [0.3, 0.4) is 0 Å². The van der Waals surface area contributed by atoms with Gasteiger partial charge in [0, 0.05) is 40.0 Å². The third-order valence-corrected chi connectivity index (χ3v) is 6.78. The van der Waals surface area contributed by atoms with Crippen LogP contribution in [0, 0.1) is 19.8 Å². The van der Waals surface area contributed by atoms with Crippen molar-refractivity contribution in [3.8, 4) is 17.2 Å². The van der Waals surface area contributed by atoms with Gasteiger partial charge in [-0.15, -0.1) is 0 Å². The van der Waals surface area contributed by atoms with E-state index < -0.39 is 28.3 Å². The highest BCUT2D eigenvalue weighted by atomic mass is 32.2. The first-order chi connectivity index (χ1) is 14.7. The number of benzene rings is 1. The van der Waals surface area contributed by atoms with E-state index in [2.05, 4.69) is 0 Å². The van der Waals surface area contributed by atoms with Gasteiger partial charge in [-0.05, 0) is 32.0 Å². The summed E-state index contributed by atoms with van der Waals surface area (Å²) < 4.78 is 41.1. The Morgan fingerprint density at radius 2 is 1.87 bits per heavy atom. The van der Waals surface area contributed by atoms with Crippen LogP contribution in [0.5, 0.6) is 11.5 Å². The van der Waals surface area contributed by atoms with Crippen LogP contribution in [0.15, 0.2) is 35.7 Å². The summed E-state index contributed by atoms with van der Waals surface area (Å²) in [6.45, 7) is 4.32. The van der Waals surface area contributed by atoms with Crippen LogP contribution >= 0.6 is 0 Å². The second-order valence-corrected chi connectivity index (χ2v) is 9.59. The summed E-state index contributed by atoms with van der Waals surface area (Å²) in [6, 6.07) is 7.36. The summed E-state index contributed by atoms with van der Waals surface area (Å²) in [5.41, 5.74) is 2.87. The number of carbonyl (C=O) groups excluding carboxylic acids is 2. The maximum atomic E-state index is 12.7. The van der Waals surface area contributed by atoms with Crippen molar-refractivity contribution in [3.05, 3.63) is 52.7 Å². The molecule has 1 unspecified atom stereocenters. The highest BCUT2D eigenvalue weighted by molar-refractivity contribution is 7.94. The van der Waals surface area contributed by atoms with Gasteiger partial charge in [0.2, 0.25) is 5.78 Å². The van der Waals surface area contributed by atoms with Crippen molar-refractivity contribution in [2.24, 2.45) is 5.92 Å². The van der Waals surface area contributed by atoms with E-state index >= 15 is 0 Å². The minimum Gasteiger partial charge on any atom is -0.486 e. The quantitative estimate of drug-likeness (QED) is 0.497. The summed E-state index contributed by atoms with van der Waals surface area (Å²) in [5, 5.41) is 1.11. The zero-order valence-corrected chi connectivity index (χ0v) is 18.1. The molecule has 0 aliphatic carbocycles. The Labute approximate surface area is 180 Å². The fourth-order valence-electron chi connectivity index (χ4n) is 3.88. The molecular formula is C22H23NO7S. The number of aromatic nitrogens is 1. The number of rotatable bonds is 6. The molecule has 0 radical (unpaired) electrons. The number of fused-ring (bicyclic) bond motifs is 1. The van der Waals surface area contributed by atoms with Crippen molar-refractivity contribution in [3.63, 3.8) is 0 Å². The number of ether oxygens (including phenoxy) is 3. The van der Waals surface area contributed by atoms with Gasteiger partial charge in [0.1, 0.15) is 13.2 Å². The summed E-state index contributed by atoms with van der Waals surface area (Å²) in [5.74, 6) is -0.0905. The average molecular weight is 445 g/mol. The smallest absolute Gasteiger partial charge is 0.306 e. The molecule has 0 bridgehead atoms. The molecular weight excluding hydrogens is 422 g/mol. The van der Waals surface area contributed by atoms with Gasteiger partial charge >= 0.3 is 5.97 Å². The van der Waals surface area contributed by atoms with Crippen LogP contribution in [0.25, 0.3) is 5.69 Å². The fourth-order valence-corrected chi connectivity index (χ4v) is 5.28. The molecule has 2 aliphatic rings. The third kappa shape index (κ3) is 4.51. The molecule has 8 nitrogen and oxygen atoms in total. The van der Waals surface area contributed by atoms with E-state index in [0.717, 1.165) is 22.5 Å². The first kappa shape index (κ1) is 21.2. The molecule has 4 rings (SSSR count). The lowest BCUT2D eigenvalue weighted by Gasteiger charge is -2.20. The molecule has 2 aliphatic heterocycles. The van der Waals surface area contributed by atoms with Gasteiger partial charge in [0.25, 0.3) is 0 Å². The number of hydrogen-bond donors (Lipinski definition) is 0. The molecule has 1 atom stereocenters. The van der Waals surface area contributed by atoms with Crippen molar-refractivity contribution >= 4 is 21.6 Å². The second kappa shape index (κ2) is 8.22. The van der Waals surface area contributed by atoms with E-state index in [4.69, 9.17) is 14.2 Å². The number of carbonyl (C=O) groups is 2. The number of ketones is 1. The normalized spacial score (nSPS) is 18.7. The van der Waals surface area contributed by atoms with E-state index in [1.807, 2.05) is 36.6 Å². The maximum Gasteiger partial charge on any atom is 0.306 e. The molecule has 0 saturated carbocycles. The van der Waals surface area contributed by atoms with Gasteiger partial charge < -0.3 is 18.8 Å². The number of Topliss-reactive ketones (excluding diaryl/α,β-unsaturated/α-hetero) is 1. The Balaban J connectivity index is 1.44. The lowest BCUT2D eigenvalue weighted by Crippen LogP contribution is -2.18. The molecule has 3 heterocycles. The summed E-state index contributed by atoms with van der Waals surface area (Å²) in [6.07, 6.45) is 1.42. The Morgan fingerprint density at radius 1 is 1.13 bits per heavy atom. The van der Waals surface area contributed by atoms with Crippen LogP contribution in [-0.4, -0.2) is 50.3 Å². The number of esters is 1. The first-order valence-electron chi connectivity index (χ1n) is 9.92. The molecule has 0 N–H and O–H groups in total. The van der Waals surface area contributed by atoms with Crippen molar-refractivity contribution in [2.45, 2.75) is 20.3 Å². The SMILES string of the molecule is Cc1cc(C(=O)COC(=O)CC2C=CS(=O)(=O)C2)c(C)n1-c1ccc2c(c1)OCCO2. The summed E-state index contributed by atoms with van der Waals surface area (Å²) in [7, 11) is -3.23. The largest absolute Gasteiger partial charge is 0.486 e. The number of allylic oxidation sites excluding steroid dienone is 1. The molecule has 9 heteroatoms. The van der Waals surface area contributed by atoms with Gasteiger partial charge in [0.15, 0.2) is 27.9 Å². The predicted octanol–water partition coefficient (Wildman–Crippen LogP) is 2.54. The highest BCUT2D eigenvalue weighted by Crippen LogP contribution is 2.33. The molecule has 31 heavy (non-hydrogen) atoms. The zero-order chi connectivity index (χ0) is 22.2. The maximum absolute atomic E-state index is 12.7. The van der Waals surface area contributed by atoms with Gasteiger partial charge in [-0.25, -0.2) is 8.42 Å². The Bertz CT molecular complexity index is 1180. The molecule has 1 aromatic heterocycles. The van der Waals surface area contributed by atoms with Crippen molar-refractivity contribution < 1.29 is 32.2 Å². The Kier molecular flexibility index (Phi) is 5.62. The van der Waals surface area contributed by atoms with Gasteiger partial charge in [-0.2, -0.15) is 0 Å². The Morgan fingerprint density at radius 3 is 2.58 bits per heavy atom. The van der Waals surface area contributed by atoms with Crippen LogP contribution in [0.4, 0.5) is 0 Å². The van der Waals surface area contributed by atoms with Gasteiger partial charge in [0.05, 0.1) is 12.2 Å². The fraction of sp³-hybridized carbons (Fsp3) is 0.364. The highest BCUT2D eigenvalue weighted by Gasteiger charge is 2.25. The second-order valence-electron chi connectivity index (χ2n) is 7.65. The van der Waals surface area contributed by atoms with E-state index in [-0.39, 0.29) is 18.0 Å². The molecule has 164 valence electrons. The summed E-state index contributed by atoms with van der Waals surface area (Å²) >= 11 is 0. The number of hydrogen-bond acceptors (Lipinski definition) is 7. The standard InChI is InChI=1S/C22H23NO7S/c1-14-9-18(19(24)12-30-22(25)10-16-5-8-31(26,27)13-16)15(2)23(14)17-3-4-20-21(11-17)29-7-6-28-20/h3-5,8-9,11,16H,6-7,10,12-13H2,1-2H3. The third-order valence-electron chi connectivity index (χ3n) is 5.31. The summed E-state index contributed by atoms with van der Waals surface area (Å²) in [4.78, 5) is 24.7. The minimum atomic E-state index is -3.23. The van der Waals surface area contributed by atoms with Gasteiger partial charge in [-0.3, -0.25) is 9.59 Å². The van der Waals surface area contributed by atoms with E-state index in [1.165, 1.54) is 6.08 Å². The molecule has 0 spiro atoms. The van der Waals surface area contributed by atoms with E-state index in [0.29, 0.717) is 30.3 Å². The number of aryl methyl sites for hydroxylation is 1. The lowest BCUT2D eigenvalue weighted by molar-refractivity contribution is -0.143. The molecule has 0 saturated heterocycles. The van der Waals surface area contributed by atoms with Crippen molar-refractivity contribution in [1.82, 2.24) is 4.57 Å². The predicted molar refractivity (Wildman–Crippen MR) is 113 cm³/mol. The zero-order valence-electron chi connectivity index (χ0n) is 17.3. The van der Waals surface area contributed by atoms with E-state index in [9.17, 15) is 18.0 Å². The molecule has 2 aromatic rings. The van der Waals surface area contributed by atoms with Crippen LogP contribution in [-0.2, 0) is 19.4 Å². The molecule has 1 aromatic carbocycles. The van der Waals surface area contributed by atoms with Gasteiger partial charge in [-0.1, -0.05) is 6.08 Å².